The van der Waals surface area contributed by atoms with Crippen LogP contribution in [0.25, 0.3) is 0 Å². The van der Waals surface area contributed by atoms with Crippen LogP contribution in [0.1, 0.15) is 0 Å². The smallest absolute Gasteiger partial charge is 0.212 e. The Morgan fingerprint density at radius 1 is 1.62 bits per heavy atom. The van der Waals surface area contributed by atoms with Gasteiger partial charge in [0, 0.05) is 18.1 Å². The minimum atomic E-state index is -3.29. The maximum absolute atomic E-state index is 9.94. The van der Waals surface area contributed by atoms with Crippen molar-refractivity contribution >= 4 is 15.7 Å². The van der Waals surface area contributed by atoms with Crippen molar-refractivity contribution in [1.82, 2.24) is 4.98 Å². The number of nitrogen functional groups attached to an aromatic ring is 1. The summed E-state index contributed by atoms with van der Waals surface area (Å²) in [6, 6.07) is 1.81. The Morgan fingerprint density at radius 2 is 2.23 bits per heavy atom. The van der Waals surface area contributed by atoms with E-state index in [9.17, 15) is 8.42 Å². The monoisotopic (exact) mass is 203 g/mol. The fourth-order valence-electron chi connectivity index (χ4n) is 0.501. The van der Waals surface area contributed by atoms with Crippen LogP contribution in [0.4, 0.5) is 5.69 Å². The van der Waals surface area contributed by atoms with Gasteiger partial charge in [0.25, 0.3) is 0 Å². The molecular weight excluding hydrogens is 190 g/mol. The average Bonchev–Trinajstić information content (AvgIpc) is 2.38. The molecule has 0 unspecified atom stereocenters. The molecule has 0 saturated carbocycles. The third-order valence-electron chi connectivity index (χ3n) is 0.972. The molecule has 0 fully saturated rings. The molecule has 6 heteroatoms. The molecule has 0 radical (unpaired) electrons. The predicted molar refractivity (Wildman–Crippen MR) is 53.4 cm³/mol. The molecular formula is C7H13N3O2S. The molecule has 5 nitrogen and oxygen atoms in total. The van der Waals surface area contributed by atoms with Crippen LogP contribution in [0, 0.1) is 0 Å². The third kappa shape index (κ3) is 8.64. The first-order chi connectivity index (χ1) is 5.95. The highest BCUT2D eigenvalue weighted by molar-refractivity contribution is 7.89. The first-order valence-corrected chi connectivity index (χ1v) is 5.17. The molecule has 0 spiro atoms. The van der Waals surface area contributed by atoms with Crippen LogP contribution in [0.3, 0.4) is 0 Å². The molecule has 0 aliphatic carbocycles. The van der Waals surface area contributed by atoms with Gasteiger partial charge in [-0.05, 0) is 6.07 Å². The third-order valence-corrected chi connectivity index (χ3v) is 1.67. The van der Waals surface area contributed by atoms with E-state index < -0.39 is 10.0 Å². The van der Waals surface area contributed by atoms with E-state index in [-0.39, 0.29) is 5.75 Å². The molecule has 1 aromatic rings. The van der Waals surface area contributed by atoms with E-state index in [4.69, 9.17) is 5.73 Å². The van der Waals surface area contributed by atoms with Gasteiger partial charge in [0.05, 0.1) is 5.75 Å². The molecule has 0 atom stereocenters. The lowest BCUT2D eigenvalue weighted by Gasteiger charge is -1.83. The molecule has 0 aliphatic rings. The van der Waals surface area contributed by atoms with Gasteiger partial charge in [-0.1, -0.05) is 6.08 Å². The summed E-state index contributed by atoms with van der Waals surface area (Å²) in [6.07, 6.45) is 4.77. The number of primary sulfonamides is 1. The Morgan fingerprint density at radius 3 is 2.31 bits per heavy atom. The first-order valence-electron chi connectivity index (χ1n) is 3.45. The maximum atomic E-state index is 9.94. The first kappa shape index (κ1) is 11.7. The maximum Gasteiger partial charge on any atom is 0.212 e. The Balaban J connectivity index is 0.000000223. The molecule has 0 aromatic carbocycles. The van der Waals surface area contributed by atoms with Crippen LogP contribution in [0.15, 0.2) is 31.1 Å². The second kappa shape index (κ2) is 5.39. The molecule has 74 valence electrons. The van der Waals surface area contributed by atoms with E-state index in [1.807, 2.05) is 0 Å². The summed E-state index contributed by atoms with van der Waals surface area (Å²) in [7, 11) is -3.29. The molecule has 1 aromatic heterocycles. The summed E-state index contributed by atoms with van der Waals surface area (Å²) in [4.78, 5) is 2.80. The molecule has 0 bridgehead atoms. The van der Waals surface area contributed by atoms with Crippen molar-refractivity contribution in [3.05, 3.63) is 31.1 Å². The number of sulfonamides is 1. The number of nitrogens with two attached hydrogens (primary N) is 2. The quantitative estimate of drug-likeness (QED) is 0.592. The zero-order chi connectivity index (χ0) is 10.3. The summed E-state index contributed by atoms with van der Waals surface area (Å²) in [6.45, 7) is 3.19. The number of H-pyrrole nitrogens is 1. The van der Waals surface area contributed by atoms with Gasteiger partial charge in [0.2, 0.25) is 10.0 Å². The van der Waals surface area contributed by atoms with Gasteiger partial charge < -0.3 is 10.7 Å². The van der Waals surface area contributed by atoms with Gasteiger partial charge in [0.1, 0.15) is 0 Å². The van der Waals surface area contributed by atoms with E-state index in [2.05, 4.69) is 16.7 Å². The number of nitrogens with one attached hydrogen (secondary N) is 1. The van der Waals surface area contributed by atoms with Crippen LogP contribution >= 0.6 is 0 Å². The minimum Gasteiger partial charge on any atom is -0.398 e. The molecule has 5 N–H and O–H groups in total. The van der Waals surface area contributed by atoms with Gasteiger partial charge in [-0.15, -0.1) is 6.58 Å². The van der Waals surface area contributed by atoms with Gasteiger partial charge in [0.15, 0.2) is 0 Å². The Bertz CT molecular complexity index is 329. The highest BCUT2D eigenvalue weighted by atomic mass is 32.2. The minimum absolute atomic E-state index is 0.146. The Kier molecular flexibility index (Phi) is 4.86. The SMILES string of the molecule is C=CCS(N)(=O)=O.Nc1cc[nH]c1. The van der Waals surface area contributed by atoms with Crippen LogP contribution in [0.5, 0.6) is 0 Å². The number of aromatic amines is 1. The van der Waals surface area contributed by atoms with Crippen molar-refractivity contribution in [2.24, 2.45) is 5.14 Å². The molecule has 0 aliphatic heterocycles. The highest BCUT2D eigenvalue weighted by Crippen LogP contribution is 1.92. The second-order valence-corrected chi connectivity index (χ2v) is 3.92. The fourth-order valence-corrected chi connectivity index (χ4v) is 0.830. The number of hydrogen-bond acceptors (Lipinski definition) is 3. The van der Waals surface area contributed by atoms with Crippen LogP contribution < -0.4 is 10.9 Å². The normalized spacial score (nSPS) is 9.92. The summed E-state index contributed by atoms with van der Waals surface area (Å²) < 4.78 is 19.9. The lowest BCUT2D eigenvalue weighted by atomic mass is 10.6. The van der Waals surface area contributed by atoms with E-state index in [0.717, 1.165) is 5.69 Å². The van der Waals surface area contributed by atoms with Crippen molar-refractivity contribution in [1.29, 1.82) is 0 Å². The summed E-state index contributed by atoms with van der Waals surface area (Å²) in [5.41, 5.74) is 6.03. The van der Waals surface area contributed by atoms with E-state index >= 15 is 0 Å². The second-order valence-electron chi connectivity index (χ2n) is 2.26. The summed E-state index contributed by atoms with van der Waals surface area (Å²) >= 11 is 0. The lowest BCUT2D eigenvalue weighted by molar-refractivity contribution is 0.600. The van der Waals surface area contributed by atoms with E-state index in [1.165, 1.54) is 6.08 Å². The van der Waals surface area contributed by atoms with Crippen LogP contribution in [0.2, 0.25) is 0 Å². The molecule has 1 rings (SSSR count). The average molecular weight is 203 g/mol. The number of aromatic nitrogens is 1. The fraction of sp³-hybridized carbons (Fsp3) is 0.143. The molecule has 0 amide bonds. The van der Waals surface area contributed by atoms with Crippen molar-refractivity contribution in [2.75, 3.05) is 11.5 Å². The van der Waals surface area contributed by atoms with Crippen molar-refractivity contribution in [2.45, 2.75) is 0 Å². The number of anilines is 1. The van der Waals surface area contributed by atoms with Gasteiger partial charge in [-0.2, -0.15) is 0 Å². The van der Waals surface area contributed by atoms with Crippen LogP contribution in [-0.4, -0.2) is 19.2 Å². The summed E-state index contributed by atoms with van der Waals surface area (Å²) in [5, 5.41) is 4.55. The zero-order valence-electron chi connectivity index (χ0n) is 7.10. The molecule has 1 heterocycles. The lowest BCUT2D eigenvalue weighted by Crippen LogP contribution is -2.14. The van der Waals surface area contributed by atoms with Gasteiger partial charge >= 0.3 is 0 Å². The Labute approximate surface area is 77.5 Å². The summed E-state index contributed by atoms with van der Waals surface area (Å²) in [5.74, 6) is -0.146. The zero-order valence-corrected chi connectivity index (χ0v) is 7.92. The Hall–Kier alpha value is -1.27. The van der Waals surface area contributed by atoms with Gasteiger partial charge in [-0.25, -0.2) is 13.6 Å². The van der Waals surface area contributed by atoms with Crippen LogP contribution in [-0.2, 0) is 10.0 Å². The number of rotatable bonds is 2. The molecule has 0 saturated heterocycles. The van der Waals surface area contributed by atoms with Crippen molar-refractivity contribution < 1.29 is 8.42 Å². The molecule has 13 heavy (non-hydrogen) atoms. The predicted octanol–water partition coefficient (Wildman–Crippen LogP) is 0.0578. The van der Waals surface area contributed by atoms with E-state index in [0.29, 0.717) is 0 Å². The van der Waals surface area contributed by atoms with Crippen molar-refractivity contribution in [3.63, 3.8) is 0 Å². The largest absolute Gasteiger partial charge is 0.398 e. The van der Waals surface area contributed by atoms with Crippen molar-refractivity contribution in [3.8, 4) is 0 Å². The van der Waals surface area contributed by atoms with Gasteiger partial charge in [-0.3, -0.25) is 0 Å². The number of hydrogen-bond donors (Lipinski definition) is 3. The van der Waals surface area contributed by atoms with E-state index in [1.54, 1.807) is 18.5 Å². The highest BCUT2D eigenvalue weighted by Gasteiger charge is 1.93. The standard InChI is InChI=1S/C4H6N2.C3H7NO2S/c5-4-1-2-6-3-4;1-2-3-7(4,5)6/h1-3,6H,5H2;2H,1,3H2,(H2,4,5,6). The topological polar surface area (TPSA) is 102 Å².